The number of rotatable bonds is 4. The quantitative estimate of drug-likeness (QED) is 0.374. The predicted molar refractivity (Wildman–Crippen MR) is 119 cm³/mol. The zero-order chi connectivity index (χ0) is 24.9. The molecule has 0 amide bonds. The lowest BCUT2D eigenvalue weighted by Gasteiger charge is -2.35. The largest absolute Gasteiger partial charge is 0.508 e. The molecule has 2 unspecified atom stereocenters. The third-order valence-corrected chi connectivity index (χ3v) is 6.00. The van der Waals surface area contributed by atoms with Crippen LogP contribution in [0.2, 0.25) is 0 Å². The Hall–Kier alpha value is -4.15. The lowest BCUT2D eigenvalue weighted by Crippen LogP contribution is -2.37. The number of methoxy groups -OCH3 is 1. The summed E-state index contributed by atoms with van der Waals surface area (Å²) in [6, 6.07) is 11.6. The zero-order valence-electron chi connectivity index (χ0n) is 18.4. The highest BCUT2D eigenvalue weighted by molar-refractivity contribution is 6.05. The summed E-state index contributed by atoms with van der Waals surface area (Å²) in [4.78, 5) is 12.7. The molecule has 0 saturated heterocycles. The Morgan fingerprint density at radius 3 is 2.29 bits per heavy atom. The van der Waals surface area contributed by atoms with Crippen molar-refractivity contribution in [3.05, 3.63) is 65.2 Å². The molecular formula is C25H22O10. The number of phenols is 3. The number of carbonyl (C=O) groups excluding carboxylic acids is 1. The van der Waals surface area contributed by atoms with E-state index in [2.05, 4.69) is 0 Å². The molecule has 3 aromatic carbocycles. The Bertz CT molecular complexity index is 1300. The van der Waals surface area contributed by atoms with E-state index < -0.39 is 35.9 Å². The lowest BCUT2D eigenvalue weighted by atomic mass is 9.92. The van der Waals surface area contributed by atoms with E-state index in [0.717, 1.165) is 6.07 Å². The Kier molecular flexibility index (Phi) is 5.54. The normalized spacial score (nSPS) is 22.8. The molecule has 0 bridgehead atoms. The number of phenolic OH excluding ortho intramolecular Hbond substituents is 3. The molecule has 0 aromatic heterocycles. The summed E-state index contributed by atoms with van der Waals surface area (Å²) in [5.41, 5.74) is 0.779. The third-order valence-electron chi connectivity index (χ3n) is 6.00. The number of carbonyl (C=O) groups is 1. The number of benzene rings is 3. The van der Waals surface area contributed by atoms with Crippen LogP contribution in [0.25, 0.3) is 0 Å². The highest BCUT2D eigenvalue weighted by atomic mass is 16.6. The van der Waals surface area contributed by atoms with Gasteiger partial charge >= 0.3 is 0 Å². The fourth-order valence-corrected chi connectivity index (χ4v) is 4.28. The second-order valence-corrected chi connectivity index (χ2v) is 8.20. The first-order valence-corrected chi connectivity index (χ1v) is 10.7. The van der Waals surface area contributed by atoms with E-state index in [1.54, 1.807) is 24.3 Å². The van der Waals surface area contributed by atoms with Crippen molar-refractivity contribution in [1.29, 1.82) is 0 Å². The molecule has 3 aromatic rings. The van der Waals surface area contributed by atoms with Gasteiger partial charge in [0.25, 0.3) is 0 Å². The van der Waals surface area contributed by atoms with Gasteiger partial charge in [-0.2, -0.15) is 0 Å². The van der Waals surface area contributed by atoms with E-state index in [9.17, 15) is 30.3 Å². The first-order valence-electron chi connectivity index (χ1n) is 10.7. The van der Waals surface area contributed by atoms with Crippen LogP contribution in [0.5, 0.6) is 40.2 Å². The second-order valence-electron chi connectivity index (χ2n) is 8.20. The van der Waals surface area contributed by atoms with Crippen LogP contribution in [-0.2, 0) is 0 Å². The summed E-state index contributed by atoms with van der Waals surface area (Å²) in [6.45, 7) is -0.384. The van der Waals surface area contributed by atoms with Gasteiger partial charge in [0.2, 0.25) is 5.78 Å². The van der Waals surface area contributed by atoms with E-state index in [1.165, 1.54) is 25.3 Å². The molecule has 5 rings (SSSR count). The van der Waals surface area contributed by atoms with Gasteiger partial charge in [0.05, 0.1) is 13.7 Å². The number of fused-ring (bicyclic) bond motifs is 2. The summed E-state index contributed by atoms with van der Waals surface area (Å²) in [7, 11) is 1.42. The summed E-state index contributed by atoms with van der Waals surface area (Å²) >= 11 is 0. The monoisotopic (exact) mass is 482 g/mol. The van der Waals surface area contributed by atoms with Gasteiger partial charge in [-0.25, -0.2) is 0 Å². The molecule has 0 radical (unpaired) electrons. The first-order chi connectivity index (χ1) is 16.8. The molecule has 5 N–H and O–H groups in total. The topological polar surface area (TPSA) is 155 Å². The molecule has 2 aliphatic heterocycles. The third kappa shape index (κ3) is 3.82. The number of hydrogen-bond acceptors (Lipinski definition) is 10. The minimum Gasteiger partial charge on any atom is -0.508 e. The molecule has 2 heterocycles. The molecule has 182 valence electrons. The fourth-order valence-electron chi connectivity index (χ4n) is 4.28. The summed E-state index contributed by atoms with van der Waals surface area (Å²) in [5, 5.41) is 50.2. The van der Waals surface area contributed by atoms with Gasteiger partial charge in [-0.15, -0.1) is 0 Å². The van der Waals surface area contributed by atoms with Crippen LogP contribution in [0.4, 0.5) is 0 Å². The number of aromatic hydroxyl groups is 3. The summed E-state index contributed by atoms with van der Waals surface area (Å²) in [6.07, 6.45) is -4.27. The Morgan fingerprint density at radius 1 is 0.829 bits per heavy atom. The van der Waals surface area contributed by atoms with Gasteiger partial charge in [0.1, 0.15) is 22.8 Å². The minimum absolute atomic E-state index is 0.0395. The SMILES string of the molecule is COc1cc(C2Oc3ccc([C@H]4Oc5cc(O)cc(O)c5C(=O)[C@H]4O)cc3OC2CO)ccc1O. The Balaban J connectivity index is 1.46. The van der Waals surface area contributed by atoms with Crippen LogP contribution in [0.15, 0.2) is 48.5 Å². The first kappa shape index (κ1) is 22.6. The van der Waals surface area contributed by atoms with Crippen LogP contribution < -0.4 is 18.9 Å². The molecule has 35 heavy (non-hydrogen) atoms. The van der Waals surface area contributed by atoms with Crippen molar-refractivity contribution >= 4 is 5.78 Å². The minimum atomic E-state index is -1.62. The van der Waals surface area contributed by atoms with E-state index in [1.807, 2.05) is 0 Å². The molecule has 0 saturated carbocycles. The maximum absolute atomic E-state index is 12.7. The van der Waals surface area contributed by atoms with Gasteiger partial charge < -0.3 is 44.5 Å². The van der Waals surface area contributed by atoms with E-state index in [4.69, 9.17) is 18.9 Å². The van der Waals surface area contributed by atoms with Crippen molar-refractivity contribution in [2.45, 2.75) is 24.4 Å². The second kappa shape index (κ2) is 8.57. The van der Waals surface area contributed by atoms with Crippen LogP contribution in [0, 0.1) is 0 Å². The van der Waals surface area contributed by atoms with Gasteiger partial charge in [-0.3, -0.25) is 4.79 Å². The number of aliphatic hydroxyl groups excluding tert-OH is 2. The van der Waals surface area contributed by atoms with Gasteiger partial charge in [0.15, 0.2) is 47.4 Å². The highest BCUT2D eigenvalue weighted by Gasteiger charge is 2.40. The average Bonchev–Trinajstić information content (AvgIpc) is 2.85. The molecule has 10 nitrogen and oxygen atoms in total. The molecular weight excluding hydrogens is 460 g/mol. The number of ether oxygens (including phenoxy) is 4. The van der Waals surface area contributed by atoms with Crippen LogP contribution in [0.1, 0.15) is 33.7 Å². The molecule has 0 spiro atoms. The van der Waals surface area contributed by atoms with Crippen molar-refractivity contribution < 1.29 is 49.3 Å². The maximum Gasteiger partial charge on any atom is 0.202 e. The van der Waals surface area contributed by atoms with Gasteiger partial charge in [-0.1, -0.05) is 12.1 Å². The molecule has 4 atom stereocenters. The van der Waals surface area contributed by atoms with Crippen molar-refractivity contribution in [3.8, 4) is 40.2 Å². The Morgan fingerprint density at radius 2 is 1.54 bits per heavy atom. The van der Waals surface area contributed by atoms with Gasteiger partial charge in [0, 0.05) is 17.7 Å². The number of hydrogen-bond donors (Lipinski definition) is 5. The number of aliphatic hydroxyl groups is 2. The van der Waals surface area contributed by atoms with Gasteiger partial charge in [-0.05, 0) is 29.8 Å². The van der Waals surface area contributed by atoms with E-state index in [-0.39, 0.29) is 40.9 Å². The number of ketones is 1. The molecule has 10 heteroatoms. The van der Waals surface area contributed by atoms with Crippen LogP contribution in [-0.4, -0.2) is 57.2 Å². The Labute approximate surface area is 199 Å². The smallest absolute Gasteiger partial charge is 0.202 e. The van der Waals surface area contributed by atoms with Crippen LogP contribution in [0.3, 0.4) is 0 Å². The predicted octanol–water partition coefficient (Wildman–Crippen LogP) is 2.36. The molecule has 2 aliphatic rings. The number of Topliss-reactive ketones (excluding diaryl/α,β-unsaturated/α-hetero) is 1. The highest BCUT2D eigenvalue weighted by Crippen LogP contribution is 2.45. The zero-order valence-corrected chi connectivity index (χ0v) is 18.4. The maximum atomic E-state index is 12.7. The van der Waals surface area contributed by atoms with E-state index in [0.29, 0.717) is 16.9 Å². The van der Waals surface area contributed by atoms with Crippen molar-refractivity contribution in [2.24, 2.45) is 0 Å². The van der Waals surface area contributed by atoms with Crippen LogP contribution >= 0.6 is 0 Å². The summed E-state index contributed by atoms with van der Waals surface area (Å²) < 4.78 is 23.0. The van der Waals surface area contributed by atoms with Crippen molar-refractivity contribution in [2.75, 3.05) is 13.7 Å². The fraction of sp³-hybridized carbons (Fsp3) is 0.240. The standard InChI is InChI=1S/C25H22O10/c1-32-17-6-11(2-4-14(17)28)24-20(10-26)33-18-7-12(3-5-16(18)34-24)25-23(31)22(30)21-15(29)8-13(27)9-19(21)35-25/h2-9,20,23-29,31H,10H2,1H3/t20?,23-,24?,25-/m1/s1. The van der Waals surface area contributed by atoms with Crippen molar-refractivity contribution in [3.63, 3.8) is 0 Å². The lowest BCUT2D eigenvalue weighted by molar-refractivity contribution is -0.0130. The summed E-state index contributed by atoms with van der Waals surface area (Å²) in [5.74, 6) is -0.789. The molecule has 0 aliphatic carbocycles. The molecule has 0 fully saturated rings. The van der Waals surface area contributed by atoms with Crippen molar-refractivity contribution in [1.82, 2.24) is 0 Å². The average molecular weight is 482 g/mol. The van der Waals surface area contributed by atoms with E-state index >= 15 is 0 Å².